The number of Topliss-reactive ketones (excluding diaryl/α,β-unsaturated/α-hetero) is 1. The van der Waals surface area contributed by atoms with Crippen molar-refractivity contribution in [2.45, 2.75) is 19.4 Å². The number of H-pyrrole nitrogens is 1. The zero-order valence-electron chi connectivity index (χ0n) is 19.0. The molecule has 0 radical (unpaired) electrons. The third-order valence-corrected chi connectivity index (χ3v) is 6.19. The number of ketones is 1. The lowest BCUT2D eigenvalue weighted by Crippen LogP contribution is -2.52. The number of para-hydroxylation sites is 1. The summed E-state index contributed by atoms with van der Waals surface area (Å²) in [6.07, 6.45) is 1.68. The number of aromatic nitrogens is 2. The van der Waals surface area contributed by atoms with Gasteiger partial charge in [0.1, 0.15) is 11.3 Å². The number of ether oxygens (including phenoxy) is 2. The topological polar surface area (TPSA) is 79.5 Å². The van der Waals surface area contributed by atoms with Crippen LogP contribution >= 0.6 is 0 Å². The van der Waals surface area contributed by atoms with Crippen molar-refractivity contribution in [3.8, 4) is 23.3 Å². The van der Waals surface area contributed by atoms with Crippen LogP contribution in [0.5, 0.6) is 11.5 Å². The lowest BCUT2D eigenvalue weighted by molar-refractivity contribution is 0.101. The molecule has 7 heteroatoms. The predicted molar refractivity (Wildman–Crippen MR) is 127 cm³/mol. The normalized spacial score (nSPS) is 17.5. The minimum Gasteiger partial charge on any atom is -0.495 e. The van der Waals surface area contributed by atoms with Crippen LogP contribution < -0.4 is 14.8 Å². The highest BCUT2D eigenvalue weighted by Gasteiger charge is 2.32. The number of carbonyl (C=O) groups is 1. The van der Waals surface area contributed by atoms with Crippen molar-refractivity contribution in [3.63, 3.8) is 0 Å². The number of allylic oxidation sites excluding steroid dienone is 1. The monoisotopic (exact) mass is 442 g/mol. The second-order valence-electron chi connectivity index (χ2n) is 8.66. The van der Waals surface area contributed by atoms with E-state index in [0.717, 1.165) is 37.1 Å². The molecule has 7 nitrogen and oxygen atoms in total. The van der Waals surface area contributed by atoms with Gasteiger partial charge in [0.05, 0.1) is 29.4 Å². The molecule has 2 aliphatic heterocycles. The Morgan fingerprint density at radius 2 is 1.97 bits per heavy atom. The molecular weight excluding hydrogens is 416 g/mol. The number of hydrogen-bond donors (Lipinski definition) is 2. The molecule has 0 atom stereocenters. The lowest BCUT2D eigenvalue weighted by Gasteiger charge is -2.37. The van der Waals surface area contributed by atoms with Crippen molar-refractivity contribution in [1.82, 2.24) is 20.4 Å². The van der Waals surface area contributed by atoms with Crippen molar-refractivity contribution < 1.29 is 14.3 Å². The minimum absolute atomic E-state index is 0.191. The molecule has 0 saturated carbocycles. The van der Waals surface area contributed by atoms with Crippen molar-refractivity contribution >= 4 is 22.8 Å². The van der Waals surface area contributed by atoms with E-state index in [2.05, 4.69) is 46.1 Å². The van der Waals surface area contributed by atoms with Crippen LogP contribution in [-0.2, 0) is 0 Å². The first-order valence-electron chi connectivity index (χ1n) is 11.1. The van der Waals surface area contributed by atoms with Gasteiger partial charge in [-0.2, -0.15) is 5.10 Å². The van der Waals surface area contributed by atoms with Crippen LogP contribution in [0.4, 0.5) is 0 Å². The SMILES string of the molecule is COc1ccc2c(c1C#CC(C)(C)N1CCNCC1)O/C(=C\c1n[nH]c3ccccc13)C2=O. The van der Waals surface area contributed by atoms with Crippen molar-refractivity contribution in [2.24, 2.45) is 0 Å². The van der Waals surface area contributed by atoms with E-state index in [0.29, 0.717) is 28.3 Å². The molecule has 2 aromatic carbocycles. The van der Waals surface area contributed by atoms with Gasteiger partial charge in [0.15, 0.2) is 11.5 Å². The number of aromatic amines is 1. The molecule has 3 heterocycles. The summed E-state index contributed by atoms with van der Waals surface area (Å²) in [6.45, 7) is 7.99. The summed E-state index contributed by atoms with van der Waals surface area (Å²) in [5.41, 5.74) is 2.29. The van der Waals surface area contributed by atoms with Gasteiger partial charge in [-0.25, -0.2) is 0 Å². The maximum absolute atomic E-state index is 13.1. The quantitative estimate of drug-likeness (QED) is 0.479. The summed E-state index contributed by atoms with van der Waals surface area (Å²) in [7, 11) is 1.59. The molecule has 0 amide bonds. The van der Waals surface area contributed by atoms with Crippen molar-refractivity contribution in [1.29, 1.82) is 0 Å². The second-order valence-corrected chi connectivity index (χ2v) is 8.66. The number of nitrogens with zero attached hydrogens (tertiary/aromatic N) is 2. The summed E-state index contributed by atoms with van der Waals surface area (Å²) in [5, 5.41) is 11.6. The molecule has 1 aromatic heterocycles. The summed E-state index contributed by atoms with van der Waals surface area (Å²) in [6, 6.07) is 11.3. The number of piperazine rings is 1. The van der Waals surface area contributed by atoms with E-state index in [1.54, 1.807) is 25.3 Å². The first kappa shape index (κ1) is 21.3. The van der Waals surface area contributed by atoms with Gasteiger partial charge >= 0.3 is 0 Å². The van der Waals surface area contributed by atoms with Crippen LogP contribution in [0.25, 0.3) is 17.0 Å². The molecule has 2 aliphatic rings. The Hall–Kier alpha value is -3.60. The van der Waals surface area contributed by atoms with Crippen LogP contribution in [0.1, 0.15) is 35.5 Å². The van der Waals surface area contributed by atoms with Gasteiger partial charge in [0, 0.05) is 37.6 Å². The predicted octanol–water partition coefficient (Wildman–Crippen LogP) is 3.22. The highest BCUT2D eigenvalue weighted by Crippen LogP contribution is 2.39. The standard InChI is InChI=1S/C26H26N4O3/c1-26(2,30-14-12-27-13-15-30)11-10-18-22(32-3)9-8-19-24(31)23(33-25(18)19)16-21-17-6-4-5-7-20(17)28-29-21/h4-9,16,27H,12-15H2,1-3H3,(H,28,29)/b23-16-. The number of hydrogen-bond acceptors (Lipinski definition) is 6. The number of fused-ring (bicyclic) bond motifs is 2. The van der Waals surface area contributed by atoms with Gasteiger partial charge in [-0.05, 0) is 32.0 Å². The summed E-state index contributed by atoms with van der Waals surface area (Å²) in [5.74, 6) is 7.71. The van der Waals surface area contributed by atoms with Crippen LogP contribution in [-0.4, -0.2) is 59.7 Å². The molecule has 1 fully saturated rings. The summed E-state index contributed by atoms with van der Waals surface area (Å²) >= 11 is 0. The molecule has 0 spiro atoms. The number of methoxy groups -OCH3 is 1. The van der Waals surface area contributed by atoms with Gasteiger partial charge in [-0.3, -0.25) is 14.8 Å². The van der Waals surface area contributed by atoms with E-state index in [4.69, 9.17) is 9.47 Å². The summed E-state index contributed by atoms with van der Waals surface area (Å²) in [4.78, 5) is 15.5. The van der Waals surface area contributed by atoms with Crippen molar-refractivity contribution in [2.75, 3.05) is 33.3 Å². The highest BCUT2D eigenvalue weighted by atomic mass is 16.5. The van der Waals surface area contributed by atoms with E-state index in [-0.39, 0.29) is 17.1 Å². The molecule has 5 rings (SSSR count). The smallest absolute Gasteiger partial charge is 0.232 e. The van der Waals surface area contributed by atoms with Gasteiger partial charge in [0.25, 0.3) is 0 Å². The zero-order valence-corrected chi connectivity index (χ0v) is 19.0. The van der Waals surface area contributed by atoms with Gasteiger partial charge < -0.3 is 14.8 Å². The van der Waals surface area contributed by atoms with Gasteiger partial charge in [-0.1, -0.05) is 30.0 Å². The Bertz CT molecular complexity index is 1320. The molecule has 3 aromatic rings. The zero-order chi connectivity index (χ0) is 23.0. The second kappa shape index (κ2) is 8.39. The Labute approximate surface area is 192 Å². The molecule has 0 unspecified atom stereocenters. The highest BCUT2D eigenvalue weighted by molar-refractivity contribution is 6.15. The minimum atomic E-state index is -0.328. The lowest BCUT2D eigenvalue weighted by atomic mass is 10.00. The Kier molecular flexibility index (Phi) is 5.41. The van der Waals surface area contributed by atoms with E-state index < -0.39 is 0 Å². The van der Waals surface area contributed by atoms with Crippen LogP contribution in [0.3, 0.4) is 0 Å². The third kappa shape index (κ3) is 3.88. The molecule has 1 saturated heterocycles. The Balaban J connectivity index is 1.52. The van der Waals surface area contributed by atoms with Gasteiger partial charge in [-0.15, -0.1) is 0 Å². The van der Waals surface area contributed by atoms with E-state index >= 15 is 0 Å². The maximum Gasteiger partial charge on any atom is 0.232 e. The van der Waals surface area contributed by atoms with E-state index in [9.17, 15) is 4.79 Å². The molecule has 33 heavy (non-hydrogen) atoms. The van der Waals surface area contributed by atoms with Crippen LogP contribution in [0.2, 0.25) is 0 Å². The number of nitrogens with one attached hydrogen (secondary N) is 2. The average Bonchev–Trinajstić information content (AvgIpc) is 3.39. The molecule has 2 N–H and O–H groups in total. The Morgan fingerprint density at radius 3 is 2.76 bits per heavy atom. The first-order valence-corrected chi connectivity index (χ1v) is 11.1. The summed E-state index contributed by atoms with van der Waals surface area (Å²) < 4.78 is 11.6. The number of benzene rings is 2. The Morgan fingerprint density at radius 1 is 1.18 bits per heavy atom. The van der Waals surface area contributed by atoms with E-state index in [1.165, 1.54) is 0 Å². The fraction of sp³-hybridized carbons (Fsp3) is 0.308. The fourth-order valence-electron chi connectivity index (χ4n) is 4.26. The fourth-order valence-corrected chi connectivity index (χ4v) is 4.26. The van der Waals surface area contributed by atoms with Gasteiger partial charge in [0.2, 0.25) is 5.78 Å². The molecule has 168 valence electrons. The average molecular weight is 443 g/mol. The number of rotatable bonds is 3. The van der Waals surface area contributed by atoms with Crippen LogP contribution in [0, 0.1) is 11.8 Å². The molecule has 0 bridgehead atoms. The molecular formula is C26H26N4O3. The molecule has 0 aliphatic carbocycles. The van der Waals surface area contributed by atoms with Crippen LogP contribution in [0.15, 0.2) is 42.2 Å². The van der Waals surface area contributed by atoms with E-state index in [1.807, 2.05) is 24.3 Å². The first-order chi connectivity index (χ1) is 16.0. The number of carbonyl (C=O) groups excluding carboxylic acids is 1. The van der Waals surface area contributed by atoms with Crippen molar-refractivity contribution in [3.05, 3.63) is 59.0 Å². The maximum atomic E-state index is 13.1. The third-order valence-electron chi connectivity index (χ3n) is 6.19. The largest absolute Gasteiger partial charge is 0.495 e.